The molecular formula is C44H56N8O3. The number of benzene rings is 4. The van der Waals surface area contributed by atoms with E-state index in [-0.39, 0.29) is 18.2 Å². The van der Waals surface area contributed by atoms with Crippen molar-refractivity contribution in [3.63, 3.8) is 0 Å². The maximum absolute atomic E-state index is 10.7. The highest BCUT2D eigenvalue weighted by Crippen LogP contribution is 2.35. The fraction of sp³-hybridized carbons (Fsp3) is 0.364. The highest BCUT2D eigenvalue weighted by molar-refractivity contribution is 5.66. The molecule has 0 bridgehead atoms. The topological polar surface area (TPSA) is 132 Å². The van der Waals surface area contributed by atoms with Crippen LogP contribution in [0.3, 0.4) is 0 Å². The number of unbranched alkanes of at least 4 members (excludes halogenated alkanes) is 1. The number of nitrogens with one attached hydrogen (secondary N) is 2. The minimum absolute atomic E-state index is 0.0117. The molecule has 0 radical (unpaired) electrons. The van der Waals surface area contributed by atoms with E-state index in [0.29, 0.717) is 37.3 Å². The Morgan fingerprint density at radius 3 is 2.09 bits per heavy atom. The summed E-state index contributed by atoms with van der Waals surface area (Å²) in [5, 5.41) is 38.7. The zero-order valence-corrected chi connectivity index (χ0v) is 32.2. The molecule has 1 aliphatic heterocycles. The van der Waals surface area contributed by atoms with Crippen LogP contribution in [0.4, 0.5) is 0 Å². The second kappa shape index (κ2) is 21.6. The molecule has 2 heterocycles. The largest absolute Gasteiger partial charge is 0.508 e. The number of carboxylic acids is 1. The van der Waals surface area contributed by atoms with E-state index in [0.717, 1.165) is 62.5 Å². The van der Waals surface area contributed by atoms with E-state index in [2.05, 4.69) is 123 Å². The predicted octanol–water partition coefficient (Wildman–Crippen LogP) is 6.54. The van der Waals surface area contributed by atoms with Gasteiger partial charge in [-0.05, 0) is 66.3 Å². The number of hydrogen-bond acceptors (Lipinski definition) is 9. The number of aromatic nitrogens is 4. The van der Waals surface area contributed by atoms with E-state index in [1.807, 2.05) is 42.5 Å². The molecule has 1 saturated heterocycles. The summed E-state index contributed by atoms with van der Waals surface area (Å²) in [6, 6.07) is 37.4. The Hall–Kier alpha value is -5.20. The van der Waals surface area contributed by atoms with E-state index in [4.69, 9.17) is 5.11 Å². The minimum Gasteiger partial charge on any atom is -0.508 e. The summed E-state index contributed by atoms with van der Waals surface area (Å²) in [7, 11) is 0. The van der Waals surface area contributed by atoms with Gasteiger partial charge in [-0.3, -0.25) is 14.6 Å². The average molecular weight is 745 g/mol. The lowest BCUT2D eigenvalue weighted by molar-refractivity contribution is -0.137. The molecule has 0 saturated carbocycles. The summed E-state index contributed by atoms with van der Waals surface area (Å²) in [5.74, 6) is 0.00634. The summed E-state index contributed by atoms with van der Waals surface area (Å²) in [4.78, 5) is 17.2. The van der Waals surface area contributed by atoms with Crippen molar-refractivity contribution in [1.29, 1.82) is 0 Å². The first-order valence-electron chi connectivity index (χ1n) is 19.3. The van der Waals surface area contributed by atoms with Gasteiger partial charge in [0.1, 0.15) is 5.75 Å². The molecule has 1 aromatic heterocycles. The fourth-order valence-electron chi connectivity index (χ4n) is 6.91. The average Bonchev–Trinajstić information content (AvgIpc) is 3.67. The third-order valence-electron chi connectivity index (χ3n) is 9.80. The second-order valence-corrected chi connectivity index (χ2v) is 14.1. The molecule has 0 aliphatic carbocycles. The number of piperazine rings is 1. The molecule has 55 heavy (non-hydrogen) atoms. The van der Waals surface area contributed by atoms with Gasteiger partial charge < -0.3 is 20.8 Å². The molecule has 1 fully saturated rings. The Labute approximate surface area is 325 Å². The van der Waals surface area contributed by atoms with Gasteiger partial charge in [-0.1, -0.05) is 103 Å². The number of hydrogen-bond donors (Lipinski definition) is 4. The van der Waals surface area contributed by atoms with Crippen molar-refractivity contribution >= 4 is 5.97 Å². The third-order valence-corrected chi connectivity index (χ3v) is 9.80. The summed E-state index contributed by atoms with van der Waals surface area (Å²) < 4.78 is 0. The van der Waals surface area contributed by atoms with Crippen LogP contribution >= 0.6 is 0 Å². The van der Waals surface area contributed by atoms with Crippen molar-refractivity contribution in [3.05, 3.63) is 144 Å². The minimum atomic E-state index is -0.793. The van der Waals surface area contributed by atoms with Crippen LogP contribution in [-0.4, -0.2) is 91.0 Å². The number of phenols is 1. The molecule has 1 aliphatic rings. The maximum Gasteiger partial charge on any atom is 0.303 e. The van der Waals surface area contributed by atoms with Gasteiger partial charge in [0.15, 0.2) is 0 Å². The Morgan fingerprint density at radius 2 is 1.49 bits per heavy atom. The van der Waals surface area contributed by atoms with Gasteiger partial charge in [-0.25, -0.2) is 0 Å². The van der Waals surface area contributed by atoms with Crippen molar-refractivity contribution in [3.8, 4) is 17.1 Å². The number of nitrogens with zero attached hydrogens (tertiary/aromatic N) is 6. The molecule has 4 aromatic carbocycles. The summed E-state index contributed by atoms with van der Waals surface area (Å²) in [6.45, 7) is 15.5. The lowest BCUT2D eigenvalue weighted by Gasteiger charge is -2.47. The number of aromatic hydroxyl groups is 1. The van der Waals surface area contributed by atoms with Crippen LogP contribution in [-0.2, 0) is 24.4 Å². The SMILES string of the molecule is C=CCN1C[C@H](C)N([C@H](c2ccc(-c3nnn(CCCCC(=O)O)n3)cc2)c2cccc(O)c2)C[C@H]1C.c1ccc(CNCCNCc2ccccc2)cc1. The quantitative estimate of drug-likeness (QED) is 0.0580. The van der Waals surface area contributed by atoms with E-state index in [1.165, 1.54) is 15.9 Å². The van der Waals surface area contributed by atoms with Crippen LogP contribution in [0.25, 0.3) is 11.4 Å². The number of tetrazole rings is 1. The van der Waals surface area contributed by atoms with Gasteiger partial charge in [-0.15, -0.1) is 16.8 Å². The van der Waals surface area contributed by atoms with Crippen molar-refractivity contribution < 1.29 is 15.0 Å². The predicted molar refractivity (Wildman–Crippen MR) is 218 cm³/mol. The number of aliphatic carboxylic acids is 1. The van der Waals surface area contributed by atoms with Gasteiger partial charge in [0.2, 0.25) is 5.82 Å². The molecule has 4 N–H and O–H groups in total. The summed E-state index contributed by atoms with van der Waals surface area (Å²) in [5.41, 5.74) is 5.72. The molecule has 3 atom stereocenters. The van der Waals surface area contributed by atoms with Crippen molar-refractivity contribution in [2.75, 3.05) is 32.7 Å². The first-order valence-corrected chi connectivity index (χ1v) is 19.3. The van der Waals surface area contributed by atoms with Crippen molar-refractivity contribution in [2.45, 2.75) is 70.9 Å². The van der Waals surface area contributed by atoms with Crippen LogP contribution < -0.4 is 10.6 Å². The molecule has 11 nitrogen and oxygen atoms in total. The molecule has 5 aromatic rings. The second-order valence-electron chi connectivity index (χ2n) is 14.1. The number of carbonyl (C=O) groups is 1. The zero-order chi connectivity index (χ0) is 38.8. The van der Waals surface area contributed by atoms with Crippen LogP contribution in [0, 0.1) is 0 Å². The van der Waals surface area contributed by atoms with Crippen LogP contribution in [0.5, 0.6) is 5.75 Å². The number of phenolic OH excluding ortho intramolecular Hbond substituents is 1. The lowest BCUT2D eigenvalue weighted by atomic mass is 9.92. The molecular weight excluding hydrogens is 689 g/mol. The van der Waals surface area contributed by atoms with Gasteiger partial charge in [0.05, 0.1) is 12.6 Å². The summed E-state index contributed by atoms with van der Waals surface area (Å²) >= 11 is 0. The highest BCUT2D eigenvalue weighted by atomic mass is 16.4. The smallest absolute Gasteiger partial charge is 0.303 e. The van der Waals surface area contributed by atoms with Gasteiger partial charge in [-0.2, -0.15) is 4.80 Å². The van der Waals surface area contributed by atoms with Gasteiger partial charge >= 0.3 is 5.97 Å². The van der Waals surface area contributed by atoms with Crippen molar-refractivity contribution in [2.24, 2.45) is 0 Å². The number of aryl methyl sites for hydroxylation is 1. The molecule has 0 amide bonds. The van der Waals surface area contributed by atoms with E-state index in [1.54, 1.807) is 6.07 Å². The monoisotopic (exact) mass is 744 g/mol. The van der Waals surface area contributed by atoms with Crippen molar-refractivity contribution in [1.82, 2.24) is 40.6 Å². The Bertz CT molecular complexity index is 1830. The van der Waals surface area contributed by atoms with E-state index < -0.39 is 5.97 Å². The Balaban J connectivity index is 0.000000269. The van der Waals surface area contributed by atoms with Crippen LogP contribution in [0.1, 0.15) is 61.4 Å². The molecule has 11 heteroatoms. The molecule has 290 valence electrons. The van der Waals surface area contributed by atoms with Crippen LogP contribution in [0.2, 0.25) is 0 Å². The normalized spacial score (nSPS) is 16.5. The summed E-state index contributed by atoms with van der Waals surface area (Å²) in [6.07, 6.45) is 3.37. The van der Waals surface area contributed by atoms with E-state index >= 15 is 0 Å². The first-order chi connectivity index (χ1) is 26.8. The highest BCUT2D eigenvalue weighted by Gasteiger charge is 2.34. The molecule has 6 rings (SSSR count). The molecule has 0 unspecified atom stereocenters. The van der Waals surface area contributed by atoms with Gasteiger partial charge in [0, 0.05) is 69.9 Å². The van der Waals surface area contributed by atoms with Crippen LogP contribution in [0.15, 0.2) is 122 Å². The van der Waals surface area contributed by atoms with Gasteiger partial charge in [0.25, 0.3) is 0 Å². The Morgan fingerprint density at radius 1 is 0.836 bits per heavy atom. The Kier molecular flexibility index (Phi) is 16.1. The number of carboxylic acid groups (broad SMARTS) is 1. The fourth-order valence-corrected chi connectivity index (χ4v) is 6.91. The standard InChI is InChI=1S/C28H36N6O3.C16H20N2/c1-4-15-32-18-21(3)33(19-20(32)2)27(24-8-7-9-25(35)17-24)22-11-13-23(14-12-22)28-29-31-34(30-28)16-6-5-10-26(36)37;1-3-7-15(8-4-1)13-17-11-12-18-14-16-9-5-2-6-10-16/h4,7-9,11-14,17,20-21,27,35H,1,5-6,10,15-16,18-19H2,2-3H3,(H,36,37);1-10,17-18H,11-14H2/t20-,21+,27-;/m1./s1. The lowest BCUT2D eigenvalue weighted by Crippen LogP contribution is -2.57. The first kappa shape index (κ1) is 41.0. The zero-order valence-electron chi connectivity index (χ0n) is 32.2. The maximum atomic E-state index is 10.7. The van der Waals surface area contributed by atoms with E-state index in [9.17, 15) is 9.90 Å². The number of rotatable bonds is 18. The third kappa shape index (κ3) is 13.0. The molecule has 0 spiro atoms.